The summed E-state index contributed by atoms with van der Waals surface area (Å²) in [4.78, 5) is 8.36. The van der Waals surface area contributed by atoms with E-state index >= 15 is 0 Å². The van der Waals surface area contributed by atoms with Gasteiger partial charge in [0.25, 0.3) is 0 Å². The Morgan fingerprint density at radius 2 is 2.29 bits per heavy atom. The fraction of sp³-hybridized carbons (Fsp3) is 0.111. The molecule has 0 spiro atoms. The van der Waals surface area contributed by atoms with Crippen molar-refractivity contribution in [3.05, 3.63) is 30.6 Å². The van der Waals surface area contributed by atoms with Crippen LogP contribution in [0.5, 0.6) is 0 Å². The van der Waals surface area contributed by atoms with E-state index in [0.29, 0.717) is 5.82 Å². The molecule has 0 radical (unpaired) electrons. The Balaban J connectivity index is 2.23. The molecule has 0 unspecified atom stereocenters. The molecular formula is C9H10N4S. The zero-order valence-corrected chi connectivity index (χ0v) is 8.53. The first-order chi connectivity index (χ1) is 6.75. The van der Waals surface area contributed by atoms with Crippen LogP contribution < -0.4 is 5.73 Å². The van der Waals surface area contributed by atoms with E-state index in [1.807, 2.05) is 29.9 Å². The van der Waals surface area contributed by atoms with Crippen LogP contribution in [0.25, 0.3) is 0 Å². The van der Waals surface area contributed by atoms with Crippen LogP contribution in [0.2, 0.25) is 0 Å². The van der Waals surface area contributed by atoms with Crippen LogP contribution in [0.3, 0.4) is 0 Å². The number of aryl methyl sites for hydroxylation is 1. The van der Waals surface area contributed by atoms with E-state index < -0.39 is 0 Å². The maximum atomic E-state index is 5.57. The lowest BCUT2D eigenvalue weighted by molar-refractivity contribution is 0.789. The van der Waals surface area contributed by atoms with Gasteiger partial charge in [-0.15, -0.1) is 0 Å². The highest BCUT2D eigenvalue weighted by Crippen LogP contribution is 2.23. The van der Waals surface area contributed by atoms with Crippen molar-refractivity contribution in [1.82, 2.24) is 14.5 Å². The van der Waals surface area contributed by atoms with E-state index in [0.717, 1.165) is 10.2 Å². The Morgan fingerprint density at radius 3 is 2.93 bits per heavy atom. The lowest BCUT2D eigenvalue weighted by atomic mass is 10.5. The first kappa shape index (κ1) is 9.08. The molecule has 0 saturated heterocycles. The van der Waals surface area contributed by atoms with E-state index in [2.05, 4.69) is 9.97 Å². The molecule has 2 heterocycles. The smallest absolute Gasteiger partial charge is 0.174 e. The second-order valence-electron chi connectivity index (χ2n) is 2.82. The molecule has 2 rings (SSSR count). The molecule has 0 aromatic carbocycles. The highest BCUT2D eigenvalue weighted by Gasteiger charge is 2.02. The molecule has 2 N–H and O–H groups in total. The largest absolute Gasteiger partial charge is 0.384 e. The number of pyridine rings is 1. The van der Waals surface area contributed by atoms with Crippen molar-refractivity contribution >= 4 is 17.6 Å². The van der Waals surface area contributed by atoms with E-state index in [1.54, 1.807) is 12.3 Å². The topological polar surface area (TPSA) is 56.7 Å². The van der Waals surface area contributed by atoms with Gasteiger partial charge in [-0.25, -0.2) is 9.97 Å². The number of nitrogens with zero attached hydrogens (tertiary/aromatic N) is 3. The van der Waals surface area contributed by atoms with Crippen molar-refractivity contribution in [3.8, 4) is 0 Å². The average Bonchev–Trinajstić information content (AvgIpc) is 2.52. The van der Waals surface area contributed by atoms with E-state index in [-0.39, 0.29) is 0 Å². The van der Waals surface area contributed by atoms with Crippen LogP contribution in [-0.2, 0) is 7.05 Å². The van der Waals surface area contributed by atoms with Crippen LogP contribution in [0.1, 0.15) is 0 Å². The third kappa shape index (κ3) is 1.88. The van der Waals surface area contributed by atoms with Crippen LogP contribution in [-0.4, -0.2) is 14.5 Å². The van der Waals surface area contributed by atoms with Crippen LogP contribution in [0, 0.1) is 0 Å². The summed E-state index contributed by atoms with van der Waals surface area (Å²) in [6.07, 6.45) is 3.66. The minimum atomic E-state index is 0.532. The number of rotatable bonds is 2. The molecule has 0 aliphatic carbocycles. The Labute approximate surface area is 86.2 Å². The SMILES string of the molecule is Cn1ccnc1Sc1cccc(N)n1. The van der Waals surface area contributed by atoms with Crippen molar-refractivity contribution in [3.63, 3.8) is 0 Å². The Bertz CT molecular complexity index is 438. The molecule has 2 aromatic rings. The number of hydrogen-bond acceptors (Lipinski definition) is 4. The molecule has 5 heteroatoms. The zero-order valence-electron chi connectivity index (χ0n) is 7.71. The van der Waals surface area contributed by atoms with Crippen LogP contribution in [0.15, 0.2) is 40.8 Å². The quantitative estimate of drug-likeness (QED) is 0.810. The van der Waals surface area contributed by atoms with E-state index in [1.165, 1.54) is 11.8 Å². The molecule has 0 fully saturated rings. The van der Waals surface area contributed by atoms with E-state index in [9.17, 15) is 0 Å². The molecule has 0 amide bonds. The summed E-state index contributed by atoms with van der Waals surface area (Å²) in [6.45, 7) is 0. The normalized spacial score (nSPS) is 10.4. The van der Waals surface area contributed by atoms with Crippen molar-refractivity contribution < 1.29 is 0 Å². The minimum absolute atomic E-state index is 0.532. The van der Waals surface area contributed by atoms with Gasteiger partial charge in [-0.2, -0.15) is 0 Å². The first-order valence-electron chi connectivity index (χ1n) is 4.13. The molecule has 0 bridgehead atoms. The van der Waals surface area contributed by atoms with E-state index in [4.69, 9.17) is 5.73 Å². The van der Waals surface area contributed by atoms with Gasteiger partial charge in [-0.3, -0.25) is 0 Å². The highest BCUT2D eigenvalue weighted by molar-refractivity contribution is 7.99. The lowest BCUT2D eigenvalue weighted by Gasteiger charge is -2.00. The number of nitrogen functional groups attached to an aromatic ring is 1. The zero-order chi connectivity index (χ0) is 9.97. The first-order valence-corrected chi connectivity index (χ1v) is 4.95. The molecule has 2 aromatic heterocycles. The average molecular weight is 206 g/mol. The summed E-state index contributed by atoms with van der Waals surface area (Å²) in [7, 11) is 1.95. The number of aromatic nitrogens is 3. The molecule has 0 aliphatic rings. The molecule has 4 nitrogen and oxygen atoms in total. The number of anilines is 1. The van der Waals surface area contributed by atoms with Gasteiger partial charge in [0.2, 0.25) is 0 Å². The summed E-state index contributed by atoms with van der Waals surface area (Å²) in [5.74, 6) is 0.532. The second kappa shape index (κ2) is 3.71. The molecule has 0 aliphatic heterocycles. The van der Waals surface area contributed by atoms with Crippen molar-refractivity contribution in [2.45, 2.75) is 10.2 Å². The summed E-state index contributed by atoms with van der Waals surface area (Å²) >= 11 is 1.50. The molecule has 72 valence electrons. The lowest BCUT2D eigenvalue weighted by Crippen LogP contribution is -1.92. The fourth-order valence-electron chi connectivity index (χ4n) is 1.03. The Kier molecular flexibility index (Phi) is 2.41. The highest BCUT2D eigenvalue weighted by atomic mass is 32.2. The summed E-state index contributed by atoms with van der Waals surface area (Å²) < 4.78 is 1.94. The fourth-order valence-corrected chi connectivity index (χ4v) is 1.83. The number of hydrogen-bond donors (Lipinski definition) is 1. The monoisotopic (exact) mass is 206 g/mol. The van der Waals surface area contributed by atoms with Gasteiger partial charge in [0, 0.05) is 19.4 Å². The molecule has 0 atom stereocenters. The third-order valence-electron chi connectivity index (χ3n) is 1.72. The third-order valence-corrected chi connectivity index (χ3v) is 2.73. The summed E-state index contributed by atoms with van der Waals surface area (Å²) in [5, 5.41) is 1.77. The predicted molar refractivity (Wildman–Crippen MR) is 56.0 cm³/mol. The standard InChI is InChI=1S/C9H10N4S/c1-13-6-5-11-9(13)14-8-4-2-3-7(10)12-8/h2-6H,1H3,(H2,10,12). The minimum Gasteiger partial charge on any atom is -0.384 e. The van der Waals surface area contributed by atoms with Crippen LogP contribution >= 0.6 is 11.8 Å². The van der Waals surface area contributed by atoms with Gasteiger partial charge in [-0.1, -0.05) is 6.07 Å². The van der Waals surface area contributed by atoms with Gasteiger partial charge >= 0.3 is 0 Å². The van der Waals surface area contributed by atoms with Gasteiger partial charge in [0.15, 0.2) is 5.16 Å². The Hall–Kier alpha value is -1.49. The maximum absolute atomic E-state index is 5.57. The van der Waals surface area contributed by atoms with Gasteiger partial charge in [0.1, 0.15) is 10.8 Å². The molecule has 14 heavy (non-hydrogen) atoms. The van der Waals surface area contributed by atoms with Gasteiger partial charge in [-0.05, 0) is 23.9 Å². The van der Waals surface area contributed by atoms with Gasteiger partial charge in [0.05, 0.1) is 0 Å². The second-order valence-corrected chi connectivity index (χ2v) is 3.81. The van der Waals surface area contributed by atoms with Crippen molar-refractivity contribution in [1.29, 1.82) is 0 Å². The molecule has 0 saturated carbocycles. The summed E-state index contributed by atoms with van der Waals surface area (Å²) in [5.41, 5.74) is 5.57. The van der Waals surface area contributed by atoms with Gasteiger partial charge < -0.3 is 10.3 Å². The number of imidazole rings is 1. The van der Waals surface area contributed by atoms with Crippen molar-refractivity contribution in [2.75, 3.05) is 5.73 Å². The Morgan fingerprint density at radius 1 is 1.43 bits per heavy atom. The molecular weight excluding hydrogens is 196 g/mol. The van der Waals surface area contributed by atoms with Crippen molar-refractivity contribution in [2.24, 2.45) is 7.05 Å². The maximum Gasteiger partial charge on any atom is 0.174 e. The number of nitrogens with two attached hydrogens (primary N) is 1. The van der Waals surface area contributed by atoms with Crippen LogP contribution in [0.4, 0.5) is 5.82 Å². The predicted octanol–water partition coefficient (Wildman–Crippen LogP) is 1.55. The summed E-state index contributed by atoms with van der Waals surface area (Å²) in [6, 6.07) is 5.56.